The van der Waals surface area contributed by atoms with Crippen LogP contribution in [0, 0.1) is 0 Å². The van der Waals surface area contributed by atoms with Crippen LogP contribution in [0.5, 0.6) is 0 Å². The summed E-state index contributed by atoms with van der Waals surface area (Å²) in [6.45, 7) is 5.91. The van der Waals surface area contributed by atoms with Crippen LogP contribution in [0.2, 0.25) is 0 Å². The summed E-state index contributed by atoms with van der Waals surface area (Å²) in [5.41, 5.74) is 0. The second-order valence-electron chi connectivity index (χ2n) is 5.01. The van der Waals surface area contributed by atoms with Gasteiger partial charge in [-0.15, -0.1) is 0 Å². The fourth-order valence-electron chi connectivity index (χ4n) is 2.93. The SMILES string of the molecule is CC[NH+]1CCC[C@@H]1CNc1nsc2ccccc12. The number of nitrogens with zero attached hydrogens (tertiary/aromatic N) is 1. The average Bonchev–Trinajstić information content (AvgIpc) is 3.02. The number of fused-ring (bicyclic) bond motifs is 1. The molecule has 0 radical (unpaired) electrons. The fraction of sp³-hybridized carbons (Fsp3) is 0.500. The topological polar surface area (TPSA) is 29.4 Å². The number of benzene rings is 1. The zero-order valence-corrected chi connectivity index (χ0v) is 11.6. The molecule has 0 saturated carbocycles. The van der Waals surface area contributed by atoms with Crippen LogP contribution in [0.15, 0.2) is 24.3 Å². The minimum absolute atomic E-state index is 0.760. The first-order valence-corrected chi connectivity index (χ1v) is 7.58. The fourth-order valence-corrected chi connectivity index (χ4v) is 3.68. The van der Waals surface area contributed by atoms with Gasteiger partial charge in [-0.2, -0.15) is 4.37 Å². The molecule has 0 aliphatic carbocycles. The van der Waals surface area contributed by atoms with Gasteiger partial charge in [0.15, 0.2) is 0 Å². The molecule has 2 atom stereocenters. The molecule has 3 nitrogen and oxygen atoms in total. The molecule has 1 fully saturated rings. The number of nitrogens with one attached hydrogen (secondary N) is 2. The van der Waals surface area contributed by atoms with E-state index in [4.69, 9.17) is 0 Å². The third-order valence-electron chi connectivity index (χ3n) is 3.98. The molecule has 2 aromatic rings. The lowest BCUT2D eigenvalue weighted by Gasteiger charge is -2.20. The van der Waals surface area contributed by atoms with Crippen LogP contribution in [-0.2, 0) is 0 Å². The Kier molecular flexibility index (Phi) is 3.48. The van der Waals surface area contributed by atoms with Gasteiger partial charge in [0.1, 0.15) is 11.9 Å². The van der Waals surface area contributed by atoms with Gasteiger partial charge in [-0.05, 0) is 30.6 Å². The second kappa shape index (κ2) is 5.24. The van der Waals surface area contributed by atoms with E-state index < -0.39 is 0 Å². The molecule has 2 heterocycles. The second-order valence-corrected chi connectivity index (χ2v) is 5.81. The van der Waals surface area contributed by atoms with Crippen LogP contribution < -0.4 is 10.2 Å². The number of rotatable bonds is 4. The number of anilines is 1. The van der Waals surface area contributed by atoms with Crippen LogP contribution in [0.3, 0.4) is 0 Å². The monoisotopic (exact) mass is 262 g/mol. The van der Waals surface area contributed by atoms with Crippen molar-refractivity contribution in [2.75, 3.05) is 25.0 Å². The lowest BCUT2D eigenvalue weighted by molar-refractivity contribution is -0.908. The van der Waals surface area contributed by atoms with Crippen molar-refractivity contribution in [1.82, 2.24) is 4.37 Å². The van der Waals surface area contributed by atoms with Gasteiger partial charge in [-0.3, -0.25) is 0 Å². The molecule has 1 aromatic heterocycles. The Morgan fingerprint density at radius 1 is 1.44 bits per heavy atom. The van der Waals surface area contributed by atoms with Crippen LogP contribution >= 0.6 is 11.5 Å². The third-order valence-corrected chi connectivity index (χ3v) is 4.80. The number of aromatic nitrogens is 1. The smallest absolute Gasteiger partial charge is 0.147 e. The van der Waals surface area contributed by atoms with E-state index in [1.54, 1.807) is 16.4 Å². The van der Waals surface area contributed by atoms with Gasteiger partial charge in [-0.1, -0.05) is 12.1 Å². The summed E-state index contributed by atoms with van der Waals surface area (Å²) in [4.78, 5) is 1.74. The lowest BCUT2D eigenvalue weighted by atomic mass is 10.2. The molecule has 2 N–H and O–H groups in total. The molecule has 1 aliphatic heterocycles. The summed E-state index contributed by atoms with van der Waals surface area (Å²) in [6.07, 6.45) is 2.71. The van der Waals surface area contributed by atoms with Gasteiger partial charge in [0.05, 0.1) is 24.3 Å². The van der Waals surface area contributed by atoms with Gasteiger partial charge in [0.2, 0.25) is 0 Å². The van der Waals surface area contributed by atoms with E-state index in [0.29, 0.717) is 0 Å². The summed E-state index contributed by atoms with van der Waals surface area (Å²) in [5.74, 6) is 1.07. The maximum absolute atomic E-state index is 4.53. The van der Waals surface area contributed by atoms with E-state index in [0.717, 1.165) is 18.4 Å². The molecular formula is C14H20N3S+. The first kappa shape index (κ1) is 11.9. The van der Waals surface area contributed by atoms with Crippen LogP contribution in [0.25, 0.3) is 10.1 Å². The summed E-state index contributed by atoms with van der Waals surface area (Å²) in [5, 5.41) is 4.81. The van der Waals surface area contributed by atoms with Crippen molar-refractivity contribution in [3.8, 4) is 0 Å². The Labute approximate surface area is 112 Å². The van der Waals surface area contributed by atoms with Gasteiger partial charge in [0.25, 0.3) is 0 Å². The molecule has 0 bridgehead atoms. The Balaban J connectivity index is 1.69. The van der Waals surface area contributed by atoms with Gasteiger partial charge < -0.3 is 10.2 Å². The van der Waals surface area contributed by atoms with Crippen molar-refractivity contribution >= 4 is 27.4 Å². The van der Waals surface area contributed by atoms with Crippen LogP contribution in [0.4, 0.5) is 5.82 Å². The molecule has 1 saturated heterocycles. The normalized spacial score (nSPS) is 23.6. The van der Waals surface area contributed by atoms with Crippen LogP contribution in [-0.4, -0.2) is 30.0 Å². The first-order valence-electron chi connectivity index (χ1n) is 6.81. The molecule has 1 aromatic carbocycles. The Bertz CT molecular complexity index is 522. The zero-order valence-electron chi connectivity index (χ0n) is 10.8. The number of likely N-dealkylation sites (N-methyl/N-ethyl adjacent to an activating group) is 1. The predicted octanol–water partition coefficient (Wildman–Crippen LogP) is 1.78. The van der Waals surface area contributed by atoms with E-state index in [1.165, 1.54) is 36.0 Å². The third kappa shape index (κ3) is 2.22. The molecule has 1 aliphatic rings. The summed E-state index contributed by atoms with van der Waals surface area (Å²) >= 11 is 1.58. The van der Waals surface area contributed by atoms with Crippen molar-refractivity contribution in [2.24, 2.45) is 0 Å². The number of hydrogen-bond acceptors (Lipinski definition) is 3. The Morgan fingerprint density at radius 2 is 2.33 bits per heavy atom. The van der Waals surface area contributed by atoms with Crippen LogP contribution in [0.1, 0.15) is 19.8 Å². The van der Waals surface area contributed by atoms with E-state index >= 15 is 0 Å². The molecule has 96 valence electrons. The van der Waals surface area contributed by atoms with Crippen molar-refractivity contribution < 1.29 is 4.90 Å². The minimum Gasteiger partial charge on any atom is -0.363 e. The molecule has 1 unspecified atom stereocenters. The average molecular weight is 262 g/mol. The zero-order chi connectivity index (χ0) is 12.4. The summed E-state index contributed by atoms with van der Waals surface area (Å²) < 4.78 is 5.80. The highest BCUT2D eigenvalue weighted by Crippen LogP contribution is 2.26. The van der Waals surface area contributed by atoms with Crippen molar-refractivity contribution in [3.63, 3.8) is 0 Å². The van der Waals surface area contributed by atoms with Crippen molar-refractivity contribution in [2.45, 2.75) is 25.8 Å². The number of likely N-dealkylation sites (tertiary alicyclic amines) is 1. The summed E-state index contributed by atoms with van der Waals surface area (Å²) in [6, 6.07) is 9.21. The standard InChI is InChI=1S/C14H19N3S/c1-2-17-9-5-6-11(17)10-15-14-12-7-3-4-8-13(12)18-16-14/h3-4,7-8,11H,2,5-6,9-10H2,1H3,(H,15,16)/p+1/t11-/m1/s1. The molecule has 0 spiro atoms. The van der Waals surface area contributed by atoms with E-state index in [9.17, 15) is 0 Å². The Morgan fingerprint density at radius 3 is 3.22 bits per heavy atom. The largest absolute Gasteiger partial charge is 0.363 e. The van der Waals surface area contributed by atoms with Crippen molar-refractivity contribution in [3.05, 3.63) is 24.3 Å². The molecule has 3 rings (SSSR count). The molecule has 0 amide bonds. The minimum atomic E-state index is 0.760. The predicted molar refractivity (Wildman–Crippen MR) is 77.5 cm³/mol. The highest BCUT2D eigenvalue weighted by atomic mass is 32.1. The molecule has 4 heteroatoms. The first-order chi connectivity index (χ1) is 8.88. The number of quaternary nitrogens is 1. The van der Waals surface area contributed by atoms with Gasteiger partial charge in [-0.25, -0.2) is 0 Å². The molecule has 18 heavy (non-hydrogen) atoms. The number of hydrogen-bond donors (Lipinski definition) is 2. The lowest BCUT2D eigenvalue weighted by Crippen LogP contribution is -3.14. The van der Waals surface area contributed by atoms with E-state index in [2.05, 4.69) is 40.9 Å². The van der Waals surface area contributed by atoms with Crippen molar-refractivity contribution in [1.29, 1.82) is 0 Å². The maximum Gasteiger partial charge on any atom is 0.147 e. The van der Waals surface area contributed by atoms with Gasteiger partial charge >= 0.3 is 0 Å². The quantitative estimate of drug-likeness (QED) is 0.879. The molecular weight excluding hydrogens is 242 g/mol. The maximum atomic E-state index is 4.53. The van der Waals surface area contributed by atoms with E-state index in [-0.39, 0.29) is 0 Å². The van der Waals surface area contributed by atoms with Gasteiger partial charge in [0, 0.05) is 18.2 Å². The highest BCUT2D eigenvalue weighted by Gasteiger charge is 2.26. The highest BCUT2D eigenvalue weighted by molar-refractivity contribution is 7.13. The Hall–Kier alpha value is -1.13. The van der Waals surface area contributed by atoms with E-state index in [1.807, 2.05) is 0 Å². The summed E-state index contributed by atoms with van der Waals surface area (Å²) in [7, 11) is 0.